The van der Waals surface area contributed by atoms with Crippen LogP contribution in [0.3, 0.4) is 0 Å². The Balaban J connectivity index is 1.01. The number of imide groups is 1. The minimum Gasteiger partial charge on any atom is -0.744 e. The van der Waals surface area contributed by atoms with Crippen molar-refractivity contribution in [1.29, 1.82) is 0 Å². The van der Waals surface area contributed by atoms with Crippen LogP contribution in [0.15, 0.2) is 116 Å². The highest BCUT2D eigenvalue weighted by Gasteiger charge is 2.47. The van der Waals surface area contributed by atoms with Crippen molar-refractivity contribution in [2.24, 2.45) is 0 Å². The minimum absolute atomic E-state index is 0.00401. The number of methoxy groups -OCH3 is 1. The molecule has 0 saturated carbocycles. The lowest BCUT2D eigenvalue weighted by Crippen LogP contribution is -2.32. The number of hydrogen-bond donors (Lipinski definition) is 4. The third kappa shape index (κ3) is 19.0. The lowest BCUT2D eigenvalue weighted by atomic mass is 9.75. The summed E-state index contributed by atoms with van der Waals surface area (Å²) in [6.07, 6.45) is 11.6. The summed E-state index contributed by atoms with van der Waals surface area (Å²) in [4.78, 5) is 38.2. The zero-order chi connectivity index (χ0) is 68.2. The molecular weight excluding hydrogens is 1330 g/mol. The molecule has 34 heteroatoms. The first kappa shape index (κ1) is 74.1. The van der Waals surface area contributed by atoms with Crippen LogP contribution in [0.25, 0.3) is 21.5 Å². The number of benzene rings is 4. The van der Waals surface area contributed by atoms with Crippen molar-refractivity contribution in [3.63, 3.8) is 0 Å². The van der Waals surface area contributed by atoms with Crippen LogP contribution in [0.1, 0.15) is 64.0 Å². The number of amides is 2. The van der Waals surface area contributed by atoms with Crippen LogP contribution in [-0.4, -0.2) is 210 Å². The predicted octanol–water partition coefficient (Wildman–Crippen LogP) is 4.76. The second kappa shape index (κ2) is 31.5. The molecule has 29 nitrogen and oxygen atoms in total. The smallest absolute Gasteiger partial charge is 0.335 e. The van der Waals surface area contributed by atoms with Gasteiger partial charge in [0.2, 0.25) is 5.69 Å². The molecule has 0 radical (unpaired) electrons. The number of carbonyl (C=O) groups is 3. The fourth-order valence-corrected chi connectivity index (χ4v) is 14.4. The Hall–Kier alpha value is -6.29. The van der Waals surface area contributed by atoms with Crippen LogP contribution in [0.5, 0.6) is 0 Å². The first-order chi connectivity index (χ1) is 43.7. The van der Waals surface area contributed by atoms with E-state index in [-0.39, 0.29) is 139 Å². The predicted molar refractivity (Wildman–Crippen MR) is 333 cm³/mol. The Labute approximate surface area is 538 Å². The van der Waals surface area contributed by atoms with E-state index >= 15 is 0 Å². The van der Waals surface area contributed by atoms with Gasteiger partial charge in [0.15, 0.2) is 12.3 Å². The van der Waals surface area contributed by atoms with Gasteiger partial charge >= 0.3 is 5.97 Å². The van der Waals surface area contributed by atoms with Gasteiger partial charge in [-0.05, 0) is 92.4 Å². The molecule has 2 amide bonds. The van der Waals surface area contributed by atoms with Crippen molar-refractivity contribution in [2.75, 3.05) is 117 Å². The molecule has 0 aromatic heterocycles. The molecular formula is C59H73N3O26S5. The van der Waals surface area contributed by atoms with E-state index in [0.717, 1.165) is 12.1 Å². The zero-order valence-corrected chi connectivity index (χ0v) is 55.2. The fraction of sp³-hybridized carbons (Fsp3) is 0.458. The maximum atomic E-state index is 12.7. The maximum absolute atomic E-state index is 12.7. The van der Waals surface area contributed by atoms with Crippen molar-refractivity contribution in [3.05, 3.63) is 108 Å². The Kier molecular flexibility index (Phi) is 25.1. The molecule has 4 N–H and O–H groups in total. The van der Waals surface area contributed by atoms with Crippen LogP contribution in [0.4, 0.5) is 11.4 Å². The van der Waals surface area contributed by atoms with Gasteiger partial charge in [-0.15, -0.1) is 5.06 Å². The maximum Gasteiger partial charge on any atom is 0.335 e. The molecule has 1 atom stereocenters. The standard InChI is InChI=1S/C59H73N3O26S5/c1-58(2)51(11-8-6-5-7-9-12-52-59(3,20-10-36-89(66,67)68)57-46-38-42(91(72,73)74)40-50(93(78,79)80)44(46)14-16-48(57)61(52)21-24-81-4)60(47-15-13-43-45(56(47)58)37-41(90(69,70)71)39-49(43)92(75,76)77)22-25-83-27-29-85-31-33-87-35-34-86-32-30-84-28-26-82-23-19-55(65)88-62-53(63)17-18-54(62)64/h5-9,11-16,37-40H,10,17-36H2,1-4H3,(H4-,66,67,68,69,70,71,72,73,74,75,76,77,78,79,80). The second-order valence-corrected chi connectivity index (χ2v) is 29.2. The van der Waals surface area contributed by atoms with Crippen molar-refractivity contribution in [2.45, 2.75) is 83.3 Å². The minimum atomic E-state index is -5.28. The Bertz CT molecular complexity index is 4210. The molecule has 1 saturated heterocycles. The number of hydrogen-bond acceptors (Lipinski definition) is 23. The van der Waals surface area contributed by atoms with Gasteiger partial charge < -0.3 is 47.4 Å². The number of fused-ring (bicyclic) bond motifs is 6. The summed E-state index contributed by atoms with van der Waals surface area (Å²) in [5.74, 6) is -2.55. The third-order valence-corrected chi connectivity index (χ3v) is 19.5. The molecule has 4 aromatic carbocycles. The van der Waals surface area contributed by atoms with Crippen LogP contribution < -0.4 is 4.90 Å². The number of rotatable bonds is 37. The highest BCUT2D eigenvalue weighted by atomic mass is 32.2. The Morgan fingerprint density at radius 2 is 1.10 bits per heavy atom. The van der Waals surface area contributed by atoms with E-state index in [9.17, 15) is 79.2 Å². The highest BCUT2D eigenvalue weighted by Crippen LogP contribution is 2.54. The molecule has 93 heavy (non-hydrogen) atoms. The van der Waals surface area contributed by atoms with Crippen molar-refractivity contribution in [1.82, 2.24) is 5.06 Å². The molecule has 4 aromatic rings. The van der Waals surface area contributed by atoms with Crippen LogP contribution in [-0.2, 0) is 114 Å². The largest absolute Gasteiger partial charge is 0.744 e. The van der Waals surface area contributed by atoms with Gasteiger partial charge in [-0.2, -0.15) is 38.2 Å². The molecule has 1 unspecified atom stereocenters. The number of hydroxylamine groups is 2. The van der Waals surface area contributed by atoms with Crippen LogP contribution in [0, 0.1) is 0 Å². The number of anilines is 1. The summed E-state index contributed by atoms with van der Waals surface area (Å²) in [5, 5.41) is 0.402. The molecule has 3 heterocycles. The van der Waals surface area contributed by atoms with E-state index < -0.39 is 105 Å². The van der Waals surface area contributed by atoms with E-state index in [1.807, 2.05) is 23.3 Å². The van der Waals surface area contributed by atoms with E-state index in [0.29, 0.717) is 64.3 Å². The summed E-state index contributed by atoms with van der Waals surface area (Å²) in [6.45, 7) is 8.47. The van der Waals surface area contributed by atoms with Crippen molar-refractivity contribution < 1.29 is 122 Å². The topological polar surface area (TPSA) is 409 Å². The van der Waals surface area contributed by atoms with Gasteiger partial charge in [-0.3, -0.25) is 27.8 Å². The molecule has 1 fully saturated rings. The number of carbonyl (C=O) groups excluding carboxylic acids is 3. The van der Waals surface area contributed by atoms with Crippen molar-refractivity contribution >= 4 is 107 Å². The zero-order valence-electron chi connectivity index (χ0n) is 51.2. The molecule has 3 aliphatic heterocycles. The van der Waals surface area contributed by atoms with Gasteiger partial charge in [-0.25, -0.2) is 13.2 Å². The van der Waals surface area contributed by atoms with Gasteiger partial charge in [0, 0.05) is 71.8 Å². The summed E-state index contributed by atoms with van der Waals surface area (Å²) < 4.78 is 218. The molecule has 3 aliphatic rings. The van der Waals surface area contributed by atoms with Gasteiger partial charge in [0.25, 0.3) is 52.3 Å². The highest BCUT2D eigenvalue weighted by molar-refractivity contribution is 7.87. The van der Waals surface area contributed by atoms with E-state index in [1.165, 1.54) is 19.2 Å². The number of nitrogens with zero attached hydrogens (tertiary/aromatic N) is 3. The van der Waals surface area contributed by atoms with Gasteiger partial charge in [0.05, 0.1) is 112 Å². The number of ether oxygens (including phenoxy) is 7. The first-order valence-corrected chi connectivity index (χ1v) is 36.3. The van der Waals surface area contributed by atoms with Gasteiger partial charge in [-0.1, -0.05) is 36.4 Å². The lowest BCUT2D eigenvalue weighted by molar-refractivity contribution is -0.442. The van der Waals surface area contributed by atoms with Gasteiger partial charge in [0.1, 0.15) is 21.6 Å². The average molecular weight is 1400 g/mol. The first-order valence-electron chi connectivity index (χ1n) is 28.9. The van der Waals surface area contributed by atoms with E-state index in [1.54, 1.807) is 61.6 Å². The summed E-state index contributed by atoms with van der Waals surface area (Å²) in [7, 11) is -23.5. The Morgan fingerprint density at radius 1 is 0.602 bits per heavy atom. The summed E-state index contributed by atoms with van der Waals surface area (Å²) in [5.41, 5.74) is 0.557. The molecule has 0 aliphatic carbocycles. The van der Waals surface area contributed by atoms with E-state index in [4.69, 9.17) is 38.0 Å². The fourth-order valence-electron chi connectivity index (χ4n) is 11.2. The second-order valence-electron chi connectivity index (χ2n) is 22.0. The molecule has 510 valence electrons. The van der Waals surface area contributed by atoms with Crippen LogP contribution >= 0.6 is 0 Å². The lowest BCUT2D eigenvalue weighted by Gasteiger charge is -2.30. The van der Waals surface area contributed by atoms with E-state index in [2.05, 4.69) is 0 Å². The third-order valence-electron chi connectivity index (χ3n) is 15.3. The average Bonchev–Trinajstić information content (AvgIpc) is 1.60. The molecule has 0 bridgehead atoms. The normalized spacial score (nSPS) is 17.7. The van der Waals surface area contributed by atoms with Crippen LogP contribution in [0.2, 0.25) is 0 Å². The quantitative estimate of drug-likeness (QED) is 0.0155. The monoisotopic (exact) mass is 1400 g/mol. The summed E-state index contributed by atoms with van der Waals surface area (Å²) in [6, 6.07) is 9.33. The Morgan fingerprint density at radius 3 is 1.62 bits per heavy atom. The number of allylic oxidation sites excluding steroid dienone is 8. The molecule has 0 spiro atoms. The SMILES string of the molecule is COCCN1C(=CC=CC=CC=CC2=[N+](CCOCCOCCOCCOCCOCCOCCC(=O)ON3C(=O)CCC3=O)c3ccc4c(S(=O)(=O)[O-])cc(S(=O)(=O)O)cc4c3C2(C)C)C(C)(CCCS(=O)(=O)O)c2c1ccc1c(S(=O)(=O)O)cc(S(=O)(=O)O)cc21. The molecule has 7 rings (SSSR count). The summed E-state index contributed by atoms with van der Waals surface area (Å²) >= 11 is 0. The van der Waals surface area contributed by atoms with Crippen molar-refractivity contribution in [3.8, 4) is 0 Å².